The van der Waals surface area contributed by atoms with E-state index in [0.29, 0.717) is 0 Å². The number of halogens is 1. The largest absolute Gasteiger partial charge is 0.391 e. The van der Waals surface area contributed by atoms with Crippen molar-refractivity contribution in [3.63, 3.8) is 0 Å². The van der Waals surface area contributed by atoms with Gasteiger partial charge in [0.25, 0.3) is 0 Å². The molecular formula is C8H18BrNO3S. The molecule has 0 aromatic carbocycles. The lowest BCUT2D eigenvalue weighted by molar-refractivity contribution is 0.107. The molecule has 0 saturated carbocycles. The van der Waals surface area contributed by atoms with Crippen molar-refractivity contribution in [3.05, 3.63) is 0 Å². The number of rotatable bonds is 7. The fourth-order valence-electron chi connectivity index (χ4n) is 1.25. The Morgan fingerprint density at radius 2 is 1.86 bits per heavy atom. The Morgan fingerprint density at radius 3 is 2.21 bits per heavy atom. The Hall–Kier alpha value is 0.350. The molecule has 1 atom stereocenters. The van der Waals surface area contributed by atoms with E-state index in [1.165, 1.54) is 0 Å². The van der Waals surface area contributed by atoms with Crippen LogP contribution in [0.4, 0.5) is 0 Å². The highest BCUT2D eigenvalue weighted by Crippen LogP contribution is 2.12. The topological polar surface area (TPSA) is 66.4 Å². The minimum Gasteiger partial charge on any atom is -0.391 e. The minimum absolute atomic E-state index is 0.0975. The first-order valence-electron chi connectivity index (χ1n) is 4.68. The van der Waals surface area contributed by atoms with Crippen molar-refractivity contribution in [2.24, 2.45) is 5.92 Å². The van der Waals surface area contributed by atoms with Crippen LogP contribution in [0.3, 0.4) is 0 Å². The van der Waals surface area contributed by atoms with Gasteiger partial charge in [-0.1, -0.05) is 42.6 Å². The Balaban J connectivity index is 4.01. The first-order chi connectivity index (χ1) is 6.46. The molecular weight excluding hydrogens is 270 g/mol. The van der Waals surface area contributed by atoms with E-state index >= 15 is 0 Å². The molecule has 0 bridgehead atoms. The van der Waals surface area contributed by atoms with Gasteiger partial charge < -0.3 is 5.11 Å². The molecule has 0 amide bonds. The first kappa shape index (κ1) is 14.3. The van der Waals surface area contributed by atoms with Gasteiger partial charge in [0.05, 0.1) is 6.10 Å². The SMILES string of the molecule is CCC(CC)C(O)CNS(=O)(=O)CBr. The van der Waals surface area contributed by atoms with Crippen LogP contribution in [-0.2, 0) is 10.0 Å². The van der Waals surface area contributed by atoms with Crippen LogP contribution >= 0.6 is 15.9 Å². The standard InChI is InChI=1S/C8H18BrNO3S/c1-3-7(4-2)8(11)5-10-14(12,13)6-9/h7-8,10-11H,3-6H2,1-2H3. The van der Waals surface area contributed by atoms with Gasteiger partial charge in [-0.05, 0) is 5.92 Å². The molecule has 6 heteroatoms. The third-order valence-electron chi connectivity index (χ3n) is 2.25. The van der Waals surface area contributed by atoms with E-state index in [-0.39, 0.29) is 17.1 Å². The maximum Gasteiger partial charge on any atom is 0.221 e. The number of aliphatic hydroxyl groups is 1. The second-order valence-electron chi connectivity index (χ2n) is 3.22. The van der Waals surface area contributed by atoms with Crippen LogP contribution in [0, 0.1) is 5.92 Å². The van der Waals surface area contributed by atoms with Crippen molar-refractivity contribution in [1.82, 2.24) is 4.72 Å². The minimum atomic E-state index is -3.26. The summed E-state index contributed by atoms with van der Waals surface area (Å²) in [5.74, 6) is 0.160. The van der Waals surface area contributed by atoms with Crippen molar-refractivity contribution in [1.29, 1.82) is 0 Å². The van der Waals surface area contributed by atoms with Crippen molar-refractivity contribution >= 4 is 26.0 Å². The number of nitrogens with one attached hydrogen (secondary N) is 1. The molecule has 0 aliphatic rings. The summed E-state index contributed by atoms with van der Waals surface area (Å²) in [6, 6.07) is 0. The second kappa shape index (κ2) is 6.76. The van der Waals surface area contributed by atoms with Crippen LogP contribution < -0.4 is 4.72 Å². The maximum atomic E-state index is 11.0. The van der Waals surface area contributed by atoms with Crippen LogP contribution in [0.1, 0.15) is 26.7 Å². The number of alkyl halides is 1. The van der Waals surface area contributed by atoms with Crippen molar-refractivity contribution in [2.75, 3.05) is 11.2 Å². The lowest BCUT2D eigenvalue weighted by Crippen LogP contribution is -2.36. The molecule has 0 fully saturated rings. The van der Waals surface area contributed by atoms with E-state index in [2.05, 4.69) is 20.7 Å². The lowest BCUT2D eigenvalue weighted by Gasteiger charge is -2.19. The molecule has 4 nitrogen and oxygen atoms in total. The van der Waals surface area contributed by atoms with Gasteiger partial charge in [0.2, 0.25) is 10.0 Å². The molecule has 0 radical (unpaired) electrons. The molecule has 0 saturated heterocycles. The van der Waals surface area contributed by atoms with Gasteiger partial charge in [-0.2, -0.15) is 0 Å². The van der Waals surface area contributed by atoms with E-state index in [0.717, 1.165) is 12.8 Å². The third-order valence-corrected chi connectivity index (χ3v) is 4.95. The highest BCUT2D eigenvalue weighted by atomic mass is 79.9. The Morgan fingerprint density at radius 1 is 1.36 bits per heavy atom. The Labute approximate surface area is 94.3 Å². The molecule has 1 unspecified atom stereocenters. The summed E-state index contributed by atoms with van der Waals surface area (Å²) >= 11 is 2.86. The maximum absolute atomic E-state index is 11.0. The molecule has 0 aliphatic carbocycles. The summed E-state index contributed by atoms with van der Waals surface area (Å²) in [4.78, 5) is 0. The molecule has 0 heterocycles. The average molecular weight is 288 g/mol. The fraction of sp³-hybridized carbons (Fsp3) is 1.00. The fourth-order valence-corrected chi connectivity index (χ4v) is 2.24. The van der Waals surface area contributed by atoms with Gasteiger partial charge >= 0.3 is 0 Å². The van der Waals surface area contributed by atoms with E-state index < -0.39 is 16.1 Å². The summed E-state index contributed by atoms with van der Waals surface area (Å²) in [6.07, 6.45) is 1.11. The van der Waals surface area contributed by atoms with Gasteiger partial charge in [0, 0.05) is 6.54 Å². The number of hydrogen-bond donors (Lipinski definition) is 2. The van der Waals surface area contributed by atoms with Crippen LogP contribution in [0.25, 0.3) is 0 Å². The molecule has 14 heavy (non-hydrogen) atoms. The van der Waals surface area contributed by atoms with Crippen molar-refractivity contribution < 1.29 is 13.5 Å². The van der Waals surface area contributed by atoms with Crippen LogP contribution in [-0.4, -0.2) is 30.8 Å². The van der Waals surface area contributed by atoms with Crippen molar-refractivity contribution in [2.45, 2.75) is 32.8 Å². The molecule has 0 aromatic rings. The van der Waals surface area contributed by atoms with Crippen LogP contribution in [0.15, 0.2) is 0 Å². The summed E-state index contributed by atoms with van der Waals surface area (Å²) in [6.45, 7) is 4.06. The van der Waals surface area contributed by atoms with Gasteiger partial charge in [0.15, 0.2) is 0 Å². The zero-order chi connectivity index (χ0) is 11.2. The van der Waals surface area contributed by atoms with Gasteiger partial charge in [-0.3, -0.25) is 0 Å². The summed E-state index contributed by atoms with van der Waals surface area (Å²) in [5, 5.41) is 9.63. The number of aliphatic hydroxyl groups excluding tert-OH is 1. The predicted molar refractivity (Wildman–Crippen MR) is 60.8 cm³/mol. The van der Waals surface area contributed by atoms with Crippen molar-refractivity contribution in [3.8, 4) is 0 Å². The summed E-state index contributed by atoms with van der Waals surface area (Å²) < 4.78 is 24.3. The van der Waals surface area contributed by atoms with Crippen LogP contribution in [0.2, 0.25) is 0 Å². The van der Waals surface area contributed by atoms with Gasteiger partial charge in [-0.25, -0.2) is 13.1 Å². The van der Waals surface area contributed by atoms with E-state index in [1.54, 1.807) is 0 Å². The number of sulfonamides is 1. The molecule has 0 rings (SSSR count). The first-order valence-corrected chi connectivity index (χ1v) is 7.45. The zero-order valence-corrected chi connectivity index (χ0v) is 10.9. The summed E-state index contributed by atoms with van der Waals surface area (Å²) in [5.41, 5.74) is 0. The van der Waals surface area contributed by atoms with E-state index in [4.69, 9.17) is 0 Å². The Kier molecular flexibility index (Phi) is 6.93. The molecule has 0 aliphatic heterocycles. The Bertz CT molecular complexity index is 239. The number of hydrogen-bond acceptors (Lipinski definition) is 3. The second-order valence-corrected chi connectivity index (χ2v) is 6.33. The van der Waals surface area contributed by atoms with Gasteiger partial charge in [-0.15, -0.1) is 0 Å². The third kappa shape index (κ3) is 5.29. The van der Waals surface area contributed by atoms with E-state index in [9.17, 15) is 13.5 Å². The smallest absolute Gasteiger partial charge is 0.221 e. The van der Waals surface area contributed by atoms with Crippen LogP contribution in [0.5, 0.6) is 0 Å². The molecule has 0 spiro atoms. The lowest BCUT2D eigenvalue weighted by atomic mass is 9.97. The van der Waals surface area contributed by atoms with Gasteiger partial charge in [0.1, 0.15) is 4.66 Å². The highest BCUT2D eigenvalue weighted by molar-refractivity contribution is 9.10. The predicted octanol–water partition coefficient (Wildman–Crippen LogP) is 1.06. The molecule has 86 valence electrons. The molecule has 2 N–H and O–H groups in total. The summed E-state index contributed by atoms with van der Waals surface area (Å²) in [7, 11) is -3.26. The molecule has 0 aromatic heterocycles. The average Bonchev–Trinajstić information content (AvgIpc) is 2.17. The normalized spacial score (nSPS) is 14.6. The van der Waals surface area contributed by atoms with E-state index in [1.807, 2.05) is 13.8 Å². The highest BCUT2D eigenvalue weighted by Gasteiger charge is 2.17. The zero-order valence-electron chi connectivity index (χ0n) is 8.53. The monoisotopic (exact) mass is 287 g/mol. The quantitative estimate of drug-likeness (QED) is 0.688.